The number of thiocarbonyl (C=S) groups is 1. The van der Waals surface area contributed by atoms with E-state index in [0.717, 1.165) is 12.8 Å². The summed E-state index contributed by atoms with van der Waals surface area (Å²) in [7, 11) is 0. The van der Waals surface area contributed by atoms with Crippen LogP contribution in [0.3, 0.4) is 0 Å². The fourth-order valence-corrected chi connectivity index (χ4v) is 1.94. The van der Waals surface area contributed by atoms with Gasteiger partial charge in [0.15, 0.2) is 0 Å². The summed E-state index contributed by atoms with van der Waals surface area (Å²) in [5.74, 6) is 0. The number of aliphatic hydroxyl groups excluding tert-OH is 2. The smallest absolute Gasteiger partial charge is 0.133 e. The second-order valence-corrected chi connectivity index (χ2v) is 6.71. The molecular weight excluding hydrogens is 322 g/mol. The van der Waals surface area contributed by atoms with Gasteiger partial charge < -0.3 is 24.6 Å². The lowest BCUT2D eigenvalue weighted by Gasteiger charge is -2.28. The van der Waals surface area contributed by atoms with E-state index >= 15 is 0 Å². The fraction of sp³-hybridized carbons (Fsp3) is 0.933. The van der Waals surface area contributed by atoms with Gasteiger partial charge in [-0.25, -0.2) is 0 Å². The molecule has 0 aromatic heterocycles. The van der Waals surface area contributed by atoms with Crippen LogP contribution < -0.4 is 0 Å². The van der Waals surface area contributed by atoms with Crippen molar-refractivity contribution in [2.45, 2.75) is 65.0 Å². The molecule has 5 nitrogen and oxygen atoms in total. The van der Waals surface area contributed by atoms with Gasteiger partial charge in [0, 0.05) is 13.1 Å². The third kappa shape index (κ3) is 10.7. The molecular formula is C15H31NO4S2. The highest BCUT2D eigenvalue weighted by molar-refractivity contribution is 8.10. The Bertz CT molecular complexity index is 285. The van der Waals surface area contributed by atoms with Crippen LogP contribution in [-0.2, 0) is 9.47 Å². The molecule has 0 heterocycles. The first-order chi connectivity index (χ1) is 10.3. The molecule has 4 unspecified atom stereocenters. The molecule has 22 heavy (non-hydrogen) atoms. The van der Waals surface area contributed by atoms with Crippen LogP contribution in [0.2, 0.25) is 0 Å². The Labute approximate surface area is 145 Å². The standard InChI is InChI=1S/C15H31NO4S2/c1-5-11(3)19-9-13(17)7-16(15(21)22)8-14(18)10-20-12(4)6-2/h11-14,17-18H,5-10H2,1-4H3,(H,21,22). The minimum atomic E-state index is -0.679. The molecule has 0 amide bonds. The number of hydrogen-bond donors (Lipinski definition) is 3. The molecule has 0 saturated carbocycles. The van der Waals surface area contributed by atoms with Crippen LogP contribution in [0.15, 0.2) is 0 Å². The molecule has 0 aromatic rings. The normalized spacial score (nSPS) is 16.9. The Morgan fingerprint density at radius 2 is 1.36 bits per heavy atom. The van der Waals surface area contributed by atoms with Crippen molar-refractivity contribution in [3.05, 3.63) is 0 Å². The molecule has 132 valence electrons. The molecule has 4 atom stereocenters. The van der Waals surface area contributed by atoms with Crippen molar-refractivity contribution in [3.63, 3.8) is 0 Å². The Hall–Kier alpha value is 0.0800. The minimum Gasteiger partial charge on any atom is -0.389 e. The zero-order valence-electron chi connectivity index (χ0n) is 14.1. The van der Waals surface area contributed by atoms with Crippen LogP contribution in [0.5, 0.6) is 0 Å². The maximum atomic E-state index is 10.0. The number of nitrogens with zero attached hydrogens (tertiary/aromatic N) is 1. The van der Waals surface area contributed by atoms with Gasteiger partial charge in [-0.3, -0.25) is 0 Å². The summed E-state index contributed by atoms with van der Waals surface area (Å²) < 4.78 is 11.3. The van der Waals surface area contributed by atoms with Gasteiger partial charge in [-0.05, 0) is 26.7 Å². The lowest BCUT2D eigenvalue weighted by Crippen LogP contribution is -2.42. The van der Waals surface area contributed by atoms with E-state index in [2.05, 4.69) is 12.6 Å². The third-order valence-corrected chi connectivity index (χ3v) is 3.97. The van der Waals surface area contributed by atoms with Gasteiger partial charge >= 0.3 is 0 Å². The van der Waals surface area contributed by atoms with Crippen molar-refractivity contribution in [1.82, 2.24) is 4.90 Å². The Kier molecular flexibility index (Phi) is 12.5. The Balaban J connectivity index is 4.21. The number of ether oxygens (including phenoxy) is 2. The van der Waals surface area contributed by atoms with E-state index in [1.54, 1.807) is 4.90 Å². The summed E-state index contributed by atoms with van der Waals surface area (Å²) in [5, 5.41) is 20.0. The van der Waals surface area contributed by atoms with E-state index < -0.39 is 12.2 Å². The van der Waals surface area contributed by atoms with Crippen LogP contribution in [0.4, 0.5) is 0 Å². The van der Waals surface area contributed by atoms with Crippen LogP contribution in [0.1, 0.15) is 40.5 Å². The molecule has 0 radical (unpaired) electrons. The third-order valence-electron chi connectivity index (χ3n) is 3.43. The highest BCUT2D eigenvalue weighted by atomic mass is 32.1. The summed E-state index contributed by atoms with van der Waals surface area (Å²) in [6.07, 6.45) is 0.657. The Morgan fingerprint density at radius 1 is 1.00 bits per heavy atom. The first-order valence-electron chi connectivity index (χ1n) is 7.87. The molecule has 0 rings (SSSR count). The number of thiol groups is 1. The molecule has 0 aliphatic carbocycles. The maximum absolute atomic E-state index is 10.0. The van der Waals surface area contributed by atoms with Crippen molar-refractivity contribution >= 4 is 29.2 Å². The lowest BCUT2D eigenvalue weighted by molar-refractivity contribution is -0.0247. The predicted molar refractivity (Wildman–Crippen MR) is 96.6 cm³/mol. The van der Waals surface area contributed by atoms with Crippen molar-refractivity contribution in [2.24, 2.45) is 0 Å². The van der Waals surface area contributed by atoms with E-state index in [9.17, 15) is 10.2 Å². The second kappa shape index (κ2) is 12.5. The monoisotopic (exact) mass is 353 g/mol. The topological polar surface area (TPSA) is 62.2 Å². The van der Waals surface area contributed by atoms with Crippen molar-refractivity contribution in [1.29, 1.82) is 0 Å². The molecule has 0 aliphatic heterocycles. The van der Waals surface area contributed by atoms with E-state index in [-0.39, 0.29) is 38.5 Å². The largest absolute Gasteiger partial charge is 0.389 e. The summed E-state index contributed by atoms with van der Waals surface area (Å²) in [5.41, 5.74) is 0. The van der Waals surface area contributed by atoms with Gasteiger partial charge in [0.2, 0.25) is 0 Å². The number of rotatable bonds is 12. The highest BCUT2D eigenvalue weighted by Crippen LogP contribution is 2.05. The summed E-state index contributed by atoms with van der Waals surface area (Å²) in [4.78, 5) is 1.66. The molecule has 2 N–H and O–H groups in total. The molecule has 0 aliphatic rings. The van der Waals surface area contributed by atoms with E-state index in [1.165, 1.54) is 0 Å². The molecule has 0 spiro atoms. The quantitative estimate of drug-likeness (QED) is 0.368. The molecule has 0 fully saturated rings. The van der Waals surface area contributed by atoms with E-state index in [4.69, 9.17) is 21.7 Å². The van der Waals surface area contributed by atoms with E-state index in [1.807, 2.05) is 27.7 Å². The zero-order chi connectivity index (χ0) is 17.1. The molecule has 0 saturated heterocycles. The van der Waals surface area contributed by atoms with Crippen LogP contribution >= 0.6 is 24.8 Å². The summed E-state index contributed by atoms with van der Waals surface area (Å²) in [6, 6.07) is 0. The van der Waals surface area contributed by atoms with Gasteiger partial charge in [-0.2, -0.15) is 0 Å². The first-order valence-corrected chi connectivity index (χ1v) is 8.72. The van der Waals surface area contributed by atoms with Crippen molar-refractivity contribution < 1.29 is 19.7 Å². The van der Waals surface area contributed by atoms with Crippen LogP contribution in [-0.4, -0.2) is 70.2 Å². The van der Waals surface area contributed by atoms with Gasteiger partial charge in [0.05, 0.1) is 37.6 Å². The van der Waals surface area contributed by atoms with Gasteiger partial charge in [-0.1, -0.05) is 26.1 Å². The Morgan fingerprint density at radius 3 is 1.64 bits per heavy atom. The van der Waals surface area contributed by atoms with Crippen LogP contribution in [0, 0.1) is 0 Å². The summed E-state index contributed by atoms with van der Waals surface area (Å²) in [6.45, 7) is 9.01. The molecule has 0 bridgehead atoms. The van der Waals surface area contributed by atoms with Crippen LogP contribution in [0.25, 0.3) is 0 Å². The minimum absolute atomic E-state index is 0.112. The maximum Gasteiger partial charge on any atom is 0.133 e. The van der Waals surface area contributed by atoms with Gasteiger partial charge in [0.1, 0.15) is 4.32 Å². The predicted octanol–water partition coefficient (Wildman–Crippen LogP) is 1.86. The van der Waals surface area contributed by atoms with Crippen molar-refractivity contribution in [3.8, 4) is 0 Å². The first kappa shape index (κ1) is 22.1. The SMILES string of the molecule is CCC(C)OCC(O)CN(CC(O)COC(C)CC)C(=S)S. The zero-order valence-corrected chi connectivity index (χ0v) is 15.8. The molecule has 0 aromatic carbocycles. The average Bonchev–Trinajstić information content (AvgIpc) is 2.49. The second-order valence-electron chi connectivity index (χ2n) is 5.60. The molecule has 7 heteroatoms. The number of hydrogen-bond acceptors (Lipinski definition) is 5. The lowest BCUT2D eigenvalue weighted by atomic mass is 10.3. The highest BCUT2D eigenvalue weighted by Gasteiger charge is 2.18. The van der Waals surface area contributed by atoms with Gasteiger partial charge in [0.25, 0.3) is 0 Å². The van der Waals surface area contributed by atoms with E-state index in [0.29, 0.717) is 4.32 Å². The fourth-order valence-electron chi connectivity index (χ4n) is 1.63. The average molecular weight is 354 g/mol. The van der Waals surface area contributed by atoms with Gasteiger partial charge in [-0.15, -0.1) is 12.6 Å². The van der Waals surface area contributed by atoms with Crippen molar-refractivity contribution in [2.75, 3.05) is 26.3 Å². The summed E-state index contributed by atoms with van der Waals surface area (Å²) >= 11 is 9.21. The number of aliphatic hydroxyl groups is 2.